The van der Waals surface area contributed by atoms with Gasteiger partial charge in [-0.25, -0.2) is 0 Å². The molecule has 0 aliphatic carbocycles. The minimum absolute atomic E-state index is 0.308. The molecule has 0 aromatic heterocycles. The quantitative estimate of drug-likeness (QED) is 0.497. The number of hydrazone groups is 1. The number of nitrogens with zero attached hydrogens (tertiary/aromatic N) is 4. The third kappa shape index (κ3) is 5.66. The van der Waals surface area contributed by atoms with E-state index in [1.807, 2.05) is 4.90 Å². The van der Waals surface area contributed by atoms with Crippen LogP contribution in [0.5, 0.6) is 5.75 Å². The lowest BCUT2D eigenvalue weighted by Gasteiger charge is -2.37. The van der Waals surface area contributed by atoms with Crippen LogP contribution in [0.15, 0.2) is 29.4 Å². The number of amides is 1. The van der Waals surface area contributed by atoms with Crippen molar-refractivity contribution in [3.8, 4) is 5.75 Å². The molecule has 2 aliphatic heterocycles. The van der Waals surface area contributed by atoms with Crippen molar-refractivity contribution in [1.82, 2.24) is 9.91 Å². The first-order valence-corrected chi connectivity index (χ1v) is 9.74. The van der Waals surface area contributed by atoms with Crippen LogP contribution in [0.4, 0.5) is 32.0 Å². The molecule has 2 atom stereocenters. The predicted octanol–water partition coefficient (Wildman–Crippen LogP) is 3.46. The Bertz CT molecular complexity index is 822. The van der Waals surface area contributed by atoms with E-state index in [9.17, 15) is 31.1 Å². The van der Waals surface area contributed by atoms with E-state index in [0.29, 0.717) is 31.9 Å². The number of hydrogen-bond donors (Lipinski definition) is 0. The standard InChI is InChI=1S/C18H19ClF6N4O2/c1-11-15(19)16(17(20,21)22)26-29(11)10-14(30)28-8-6-27(7-9-28)12-2-4-13(5-3-12)31-18(23,24)25/h2-5,11,15H,6-10H2,1H3. The summed E-state index contributed by atoms with van der Waals surface area (Å²) in [7, 11) is 0. The molecule has 2 aliphatic rings. The fourth-order valence-corrected chi connectivity index (χ4v) is 3.67. The Labute approximate surface area is 179 Å². The molecule has 172 valence electrons. The number of carbonyl (C=O) groups excluding carboxylic acids is 1. The van der Waals surface area contributed by atoms with Gasteiger partial charge in [0.1, 0.15) is 17.7 Å². The highest BCUT2D eigenvalue weighted by molar-refractivity contribution is 6.34. The number of piperazine rings is 1. The molecule has 0 radical (unpaired) electrons. The monoisotopic (exact) mass is 472 g/mol. The van der Waals surface area contributed by atoms with Crippen LogP contribution in [0.3, 0.4) is 0 Å². The summed E-state index contributed by atoms with van der Waals surface area (Å²) in [6, 6.07) is 4.60. The van der Waals surface area contributed by atoms with E-state index in [0.717, 1.165) is 5.01 Å². The number of ether oxygens (including phenoxy) is 1. The van der Waals surface area contributed by atoms with E-state index in [-0.39, 0.29) is 18.2 Å². The zero-order valence-electron chi connectivity index (χ0n) is 16.3. The molecule has 0 saturated carbocycles. The first-order chi connectivity index (χ1) is 14.3. The second-order valence-corrected chi connectivity index (χ2v) is 7.60. The minimum Gasteiger partial charge on any atom is -0.406 e. The van der Waals surface area contributed by atoms with Crippen molar-refractivity contribution in [2.45, 2.75) is 30.9 Å². The van der Waals surface area contributed by atoms with Gasteiger partial charge in [0.25, 0.3) is 0 Å². The van der Waals surface area contributed by atoms with Gasteiger partial charge in [0, 0.05) is 31.9 Å². The van der Waals surface area contributed by atoms with Crippen molar-refractivity contribution in [1.29, 1.82) is 0 Å². The Kier molecular flexibility index (Phi) is 6.49. The number of alkyl halides is 7. The first-order valence-electron chi connectivity index (χ1n) is 9.30. The summed E-state index contributed by atoms with van der Waals surface area (Å²) in [6.45, 7) is 2.58. The SMILES string of the molecule is CC1C(Cl)C(C(F)(F)F)=NN1CC(=O)N1CCN(c2ccc(OC(F)(F)F)cc2)CC1. The maximum atomic E-state index is 13.0. The Morgan fingerprint density at radius 2 is 1.68 bits per heavy atom. The van der Waals surface area contributed by atoms with Crippen LogP contribution in [0, 0.1) is 0 Å². The van der Waals surface area contributed by atoms with Crippen LogP contribution in [-0.2, 0) is 4.79 Å². The van der Waals surface area contributed by atoms with Gasteiger partial charge in [-0.3, -0.25) is 9.80 Å². The normalized spacial score (nSPS) is 22.6. The van der Waals surface area contributed by atoms with E-state index in [4.69, 9.17) is 11.6 Å². The molecule has 1 fully saturated rings. The average molecular weight is 473 g/mol. The Morgan fingerprint density at radius 1 is 1.10 bits per heavy atom. The van der Waals surface area contributed by atoms with Crippen molar-refractivity contribution in [3.05, 3.63) is 24.3 Å². The summed E-state index contributed by atoms with van der Waals surface area (Å²) in [4.78, 5) is 15.9. The van der Waals surface area contributed by atoms with E-state index in [1.54, 1.807) is 0 Å². The van der Waals surface area contributed by atoms with Crippen LogP contribution < -0.4 is 9.64 Å². The molecular weight excluding hydrogens is 454 g/mol. The molecule has 1 amide bonds. The van der Waals surface area contributed by atoms with Gasteiger partial charge in [0.15, 0.2) is 5.71 Å². The van der Waals surface area contributed by atoms with E-state index in [2.05, 4.69) is 9.84 Å². The Morgan fingerprint density at radius 3 is 2.16 bits per heavy atom. The van der Waals surface area contributed by atoms with Crippen molar-refractivity contribution < 1.29 is 35.9 Å². The maximum absolute atomic E-state index is 13.0. The largest absolute Gasteiger partial charge is 0.573 e. The molecule has 3 rings (SSSR count). The second-order valence-electron chi connectivity index (χ2n) is 7.13. The lowest BCUT2D eigenvalue weighted by Crippen LogP contribution is -2.51. The highest BCUT2D eigenvalue weighted by Gasteiger charge is 2.48. The topological polar surface area (TPSA) is 48.4 Å². The summed E-state index contributed by atoms with van der Waals surface area (Å²) in [5.41, 5.74) is -0.448. The highest BCUT2D eigenvalue weighted by Crippen LogP contribution is 2.31. The fourth-order valence-electron chi connectivity index (χ4n) is 3.37. The van der Waals surface area contributed by atoms with Crippen LogP contribution in [0.25, 0.3) is 0 Å². The van der Waals surface area contributed by atoms with Crippen molar-refractivity contribution >= 4 is 28.9 Å². The van der Waals surface area contributed by atoms with Crippen molar-refractivity contribution in [3.63, 3.8) is 0 Å². The predicted molar refractivity (Wildman–Crippen MR) is 101 cm³/mol. The number of benzene rings is 1. The summed E-state index contributed by atoms with van der Waals surface area (Å²) in [5.74, 6) is -0.711. The number of hydrogen-bond acceptors (Lipinski definition) is 5. The van der Waals surface area contributed by atoms with Crippen LogP contribution in [-0.4, -0.2) is 78.2 Å². The van der Waals surface area contributed by atoms with Crippen molar-refractivity contribution in [2.75, 3.05) is 37.6 Å². The average Bonchev–Trinajstić information content (AvgIpc) is 2.96. The van der Waals surface area contributed by atoms with Crippen LogP contribution in [0.1, 0.15) is 6.92 Å². The zero-order chi connectivity index (χ0) is 23.0. The van der Waals surface area contributed by atoms with Gasteiger partial charge in [0.05, 0.1) is 6.04 Å². The smallest absolute Gasteiger partial charge is 0.406 e. The van der Waals surface area contributed by atoms with E-state index < -0.39 is 29.7 Å². The third-order valence-corrected chi connectivity index (χ3v) is 5.62. The molecule has 1 saturated heterocycles. The number of carbonyl (C=O) groups is 1. The number of rotatable bonds is 4. The van der Waals surface area contributed by atoms with Crippen LogP contribution >= 0.6 is 11.6 Å². The van der Waals surface area contributed by atoms with Crippen molar-refractivity contribution in [2.24, 2.45) is 5.10 Å². The Balaban J connectivity index is 1.54. The molecule has 2 heterocycles. The summed E-state index contributed by atoms with van der Waals surface area (Å²) in [5, 5.41) is 3.19. The number of halogens is 7. The lowest BCUT2D eigenvalue weighted by molar-refractivity contribution is -0.274. The van der Waals surface area contributed by atoms with Gasteiger partial charge in [-0.2, -0.15) is 18.3 Å². The first kappa shape index (κ1) is 23.3. The van der Waals surface area contributed by atoms with Crippen LogP contribution in [0.2, 0.25) is 0 Å². The molecular formula is C18H19ClF6N4O2. The molecule has 31 heavy (non-hydrogen) atoms. The van der Waals surface area contributed by atoms with Gasteiger partial charge < -0.3 is 14.5 Å². The van der Waals surface area contributed by atoms with Gasteiger partial charge in [-0.15, -0.1) is 24.8 Å². The van der Waals surface area contributed by atoms with Gasteiger partial charge >= 0.3 is 12.5 Å². The number of anilines is 1. The lowest BCUT2D eigenvalue weighted by atomic mass is 10.1. The third-order valence-electron chi connectivity index (χ3n) is 5.05. The zero-order valence-corrected chi connectivity index (χ0v) is 17.0. The summed E-state index contributed by atoms with van der Waals surface area (Å²) in [6.07, 6.45) is -9.43. The summed E-state index contributed by atoms with van der Waals surface area (Å²) < 4.78 is 79.4. The molecule has 0 bridgehead atoms. The summed E-state index contributed by atoms with van der Waals surface area (Å²) >= 11 is 5.82. The maximum Gasteiger partial charge on any atom is 0.573 e. The molecule has 13 heteroatoms. The minimum atomic E-state index is -4.77. The van der Waals surface area contributed by atoms with E-state index in [1.165, 1.54) is 36.1 Å². The highest BCUT2D eigenvalue weighted by atomic mass is 35.5. The van der Waals surface area contributed by atoms with E-state index >= 15 is 0 Å². The molecule has 0 N–H and O–H groups in total. The Hall–Kier alpha value is -2.37. The van der Waals surface area contributed by atoms with Gasteiger partial charge in [0.2, 0.25) is 5.91 Å². The molecule has 0 spiro atoms. The van der Waals surface area contributed by atoms with Gasteiger partial charge in [-0.1, -0.05) is 0 Å². The molecule has 1 aromatic carbocycles. The molecule has 2 unspecified atom stereocenters. The second kappa shape index (κ2) is 8.64. The fraction of sp³-hybridized carbons (Fsp3) is 0.556. The molecule has 1 aromatic rings. The van der Waals surface area contributed by atoms with Gasteiger partial charge in [-0.05, 0) is 31.2 Å². The molecule has 6 nitrogen and oxygen atoms in total.